The molecule has 10 N–H and O–H groups in total. The molecule has 0 saturated carbocycles. The molecular weight excluding hydrogens is 1850 g/mol. The molecule has 142 heavy (non-hydrogen) atoms. The summed E-state index contributed by atoms with van der Waals surface area (Å²) < 4.78 is 31.1. The molecule has 0 radical (unpaired) electrons. The normalized spacial score (nSPS) is 26.3. The fraction of sp³-hybridized carbons (Fsp3) is 0.529. The van der Waals surface area contributed by atoms with Crippen molar-refractivity contribution in [2.45, 2.75) is 233 Å². The van der Waals surface area contributed by atoms with E-state index in [1.54, 1.807) is 51.3 Å². The van der Waals surface area contributed by atoms with Crippen molar-refractivity contribution in [3.8, 4) is 0 Å². The quantitative estimate of drug-likeness (QED) is 0.0448. The number of fused-ring (bicyclic) bond motifs is 12. The third-order valence-corrected chi connectivity index (χ3v) is 27.6. The topological polar surface area (TPSA) is 487 Å². The van der Waals surface area contributed by atoms with Gasteiger partial charge in [-0.15, -0.1) is 0 Å². The molecule has 0 unspecified atom stereocenters. The average Bonchev–Trinajstić information content (AvgIpc) is 0.945. The van der Waals surface area contributed by atoms with E-state index >= 15 is 0 Å². The number of esters is 3. The first kappa shape index (κ1) is 108. The molecule has 6 aromatic rings. The van der Waals surface area contributed by atoms with E-state index in [1.807, 2.05) is 169 Å². The van der Waals surface area contributed by atoms with Gasteiger partial charge in [0.2, 0.25) is 35.4 Å². The minimum absolute atomic E-state index is 0.213. The number of nitrogens with one attached hydrogen (secondary N) is 10. The summed E-state index contributed by atoms with van der Waals surface area (Å²) in [6.45, 7) is 24.6. The minimum Gasteiger partial charge on any atom is -0.457 e. The van der Waals surface area contributed by atoms with E-state index < -0.39 is 154 Å². The Labute approximate surface area is 830 Å². The van der Waals surface area contributed by atoms with E-state index in [2.05, 4.69) is 69.8 Å². The number of piperidine rings is 3. The van der Waals surface area contributed by atoms with Crippen LogP contribution in [0.2, 0.25) is 0 Å². The Morgan fingerprint density at radius 2 is 0.648 bits per heavy atom. The van der Waals surface area contributed by atoms with Crippen molar-refractivity contribution in [3.63, 3.8) is 0 Å². The van der Waals surface area contributed by atoms with Crippen LogP contribution in [-0.2, 0) is 86.0 Å². The van der Waals surface area contributed by atoms with Crippen LogP contribution in [0.1, 0.15) is 212 Å². The molecule has 39 nitrogen and oxygen atoms in total. The van der Waals surface area contributed by atoms with Crippen molar-refractivity contribution < 1.29 is 100 Å². The van der Waals surface area contributed by atoms with Crippen LogP contribution in [0.3, 0.4) is 0 Å². The molecule has 3 spiro atoms. The SMILES string of the molecule is CC(C)[C@@H]1NC(=O)C2(/C=C/c3ccc4ccc(nc4c3)[C@@H](C)OC(=O)[C@@H]3CCCN(N3)C(=O)[C@H](C)NC1=O)CCNCC2.COC(=O)Cl.COC(=O)N1CCC2(/C=C/c3ccc4ccc(nc4c3)[C@@H](C)OC(=O)[C@@H]3CCCN(N3)C(=O)[C@H](C)NC(=O)[C@H](C(C)C)NC2=O)CC1.COC(=O)N1CCC2(/C=C/c3ccc4ccc(nc4c3)[C@@H](C)OC(=O)[C@@H]3CCCN(N3)C(=O)[C@H](C)NC(=O)[C@H](C(C)C)NC2=O)CC1. The molecule has 764 valence electrons. The number of nitrogens with zero attached hydrogens (tertiary/aromatic N) is 8. The number of hydrogen-bond donors (Lipinski definition) is 10. The number of pyridine rings is 3. The molecule has 3 aromatic heterocycles. The number of carbonyl (C=O) groups is 15. The molecule has 15 rings (SSSR count). The van der Waals surface area contributed by atoms with Crippen LogP contribution >= 0.6 is 11.6 Å². The van der Waals surface area contributed by atoms with Gasteiger partial charge in [-0.3, -0.25) is 72.6 Å². The van der Waals surface area contributed by atoms with Gasteiger partial charge in [0.25, 0.3) is 17.7 Å². The van der Waals surface area contributed by atoms with Crippen molar-refractivity contribution in [2.24, 2.45) is 34.0 Å². The number of aromatic nitrogens is 3. The molecule has 9 aliphatic heterocycles. The highest BCUT2D eigenvalue weighted by atomic mass is 35.5. The Hall–Kier alpha value is -13.1. The van der Waals surface area contributed by atoms with Gasteiger partial charge >= 0.3 is 35.5 Å². The summed E-state index contributed by atoms with van der Waals surface area (Å²) in [6.07, 6.45) is 14.1. The molecular formula is C102H133ClN18O21. The van der Waals surface area contributed by atoms with Gasteiger partial charge in [-0.25, -0.2) is 45.6 Å². The molecule has 6 saturated heterocycles. The lowest BCUT2D eigenvalue weighted by Gasteiger charge is -2.39. The maximum absolute atomic E-state index is 14.2. The van der Waals surface area contributed by atoms with Gasteiger partial charge in [0.05, 0.1) is 71.2 Å². The molecule has 40 heteroatoms. The smallest absolute Gasteiger partial charge is 0.409 e. The number of cyclic esters (lactones) is 3. The number of benzene rings is 3. The molecule has 3 aromatic carbocycles. The third-order valence-electron chi connectivity index (χ3n) is 27.4. The summed E-state index contributed by atoms with van der Waals surface area (Å²) in [4.78, 5) is 214. The van der Waals surface area contributed by atoms with Crippen LogP contribution in [0.4, 0.5) is 14.4 Å². The van der Waals surface area contributed by atoms with Crippen LogP contribution in [0.25, 0.3) is 50.9 Å². The van der Waals surface area contributed by atoms with Crippen molar-refractivity contribution in [1.82, 2.24) is 93.3 Å². The molecule has 15 bridgehead atoms. The summed E-state index contributed by atoms with van der Waals surface area (Å²) in [5, 5.41) is 27.4. The number of methoxy groups -OCH3 is 3. The Bertz CT molecular complexity index is 5540. The molecule has 11 amide bonds. The van der Waals surface area contributed by atoms with E-state index in [0.717, 1.165) is 38.4 Å². The Morgan fingerprint density at radius 3 is 0.908 bits per heavy atom. The number of likely N-dealkylation sites (tertiary alicyclic amines) is 2. The molecule has 9 aliphatic rings. The Kier molecular flexibility index (Phi) is 36.5. The highest BCUT2D eigenvalue weighted by Gasteiger charge is 2.48. The van der Waals surface area contributed by atoms with Gasteiger partial charge in [-0.05, 0) is 203 Å². The zero-order valence-electron chi connectivity index (χ0n) is 83.2. The zero-order chi connectivity index (χ0) is 103. The zero-order valence-corrected chi connectivity index (χ0v) is 83.9. The summed E-state index contributed by atoms with van der Waals surface area (Å²) in [6, 6.07) is 21.1. The van der Waals surface area contributed by atoms with E-state index in [1.165, 1.54) is 36.4 Å². The minimum atomic E-state index is -1.03. The largest absolute Gasteiger partial charge is 0.457 e. The van der Waals surface area contributed by atoms with E-state index in [0.29, 0.717) is 138 Å². The second-order valence-electron chi connectivity index (χ2n) is 38.6. The van der Waals surface area contributed by atoms with Crippen molar-refractivity contribution in [3.05, 3.63) is 143 Å². The van der Waals surface area contributed by atoms with Crippen LogP contribution in [0.5, 0.6) is 0 Å². The van der Waals surface area contributed by atoms with Crippen LogP contribution in [0, 0.1) is 34.0 Å². The van der Waals surface area contributed by atoms with Gasteiger partial charge in [0.15, 0.2) is 0 Å². The predicted molar refractivity (Wildman–Crippen MR) is 527 cm³/mol. The summed E-state index contributed by atoms with van der Waals surface area (Å²) in [5.41, 5.74) is 11.7. The van der Waals surface area contributed by atoms with E-state index in [9.17, 15) is 71.9 Å². The number of ether oxygens (including phenoxy) is 6. The lowest BCUT2D eigenvalue weighted by molar-refractivity contribution is -0.158. The van der Waals surface area contributed by atoms with Gasteiger partial charge in [-0.1, -0.05) is 133 Å². The Balaban J connectivity index is 0.000000186. The third kappa shape index (κ3) is 26.6. The first-order valence-electron chi connectivity index (χ1n) is 48.7. The summed E-state index contributed by atoms with van der Waals surface area (Å²) >= 11 is 4.60. The molecule has 12 heterocycles. The first-order valence-corrected chi connectivity index (χ1v) is 49.1. The number of halogens is 1. The van der Waals surface area contributed by atoms with E-state index in [-0.39, 0.29) is 67.6 Å². The number of hydrogen-bond acceptors (Lipinski definition) is 28. The van der Waals surface area contributed by atoms with Gasteiger partial charge in [0, 0.05) is 73.6 Å². The van der Waals surface area contributed by atoms with Gasteiger partial charge in [0.1, 0.15) is 72.7 Å². The fourth-order valence-corrected chi connectivity index (χ4v) is 18.5. The summed E-state index contributed by atoms with van der Waals surface area (Å²) in [7, 11) is 3.86. The monoisotopic (exact) mass is 1980 g/mol. The maximum Gasteiger partial charge on any atom is 0.409 e. The second-order valence-corrected chi connectivity index (χ2v) is 38.9. The van der Waals surface area contributed by atoms with Crippen molar-refractivity contribution in [1.29, 1.82) is 0 Å². The van der Waals surface area contributed by atoms with Crippen LogP contribution in [0.15, 0.2) is 109 Å². The standard InChI is InChI=1S/2C34H44N6O7.C32H42N6O5.C2H3ClO2/c2*1-20(2)28-29(41)35-21(3)30(42)40-16-6-7-26(38-40)31(43)47-22(4)25-11-10-24-9-8-23(19-27(24)36-25)12-13-34(32(44)37-28)14-17-39(18-15-34)33(45)46-5;1-19(2)27-28(39)34-20(3)29(40)38-17-5-6-25(37-38)30(41)43-21(4)24-10-9-23-8-7-22(18-26(23)35-24)11-12-32(31(42)36-27)13-15-33-16-14-32;1-5-2(3)4/h2*8-13,19-22,26,28,38H,6-7,14-18H2,1-5H3,(H,35,41)(H,37,44);7-12,18-21,25,27,33,37H,5-6,13-17H2,1-4H3,(H,34,39)(H,36,42);1H3/b2*13-12+;12-11+;/t2*21-,22+,26-,28-;20-,21+,25-,27-;/m000./s1. The highest BCUT2D eigenvalue weighted by Crippen LogP contribution is 2.40. The number of amides is 11. The van der Waals surface area contributed by atoms with Crippen LogP contribution < -0.4 is 53.5 Å². The fourth-order valence-electron chi connectivity index (χ4n) is 18.5. The number of hydrazine groups is 3. The van der Waals surface area contributed by atoms with Crippen LogP contribution in [-0.4, -0.2) is 263 Å². The maximum atomic E-state index is 14.2. The Morgan fingerprint density at radius 1 is 0.380 bits per heavy atom. The van der Waals surface area contributed by atoms with E-state index in [4.69, 9.17) is 38.6 Å². The van der Waals surface area contributed by atoms with Crippen molar-refractivity contribution >= 4 is 151 Å². The lowest BCUT2D eigenvalue weighted by Crippen LogP contribution is -2.61. The lowest BCUT2D eigenvalue weighted by atomic mass is 9.76. The highest BCUT2D eigenvalue weighted by molar-refractivity contribution is 6.61. The molecule has 0 aliphatic carbocycles. The molecule has 6 fully saturated rings. The average molecular weight is 1980 g/mol. The molecule has 12 atom stereocenters. The summed E-state index contributed by atoms with van der Waals surface area (Å²) in [5.74, 6) is -5.80. The van der Waals surface area contributed by atoms with Gasteiger partial charge < -0.3 is 75.4 Å². The van der Waals surface area contributed by atoms with Gasteiger partial charge in [-0.2, -0.15) is 0 Å². The first-order chi connectivity index (χ1) is 67.6. The number of rotatable bonds is 3. The predicted octanol–water partition coefficient (Wildman–Crippen LogP) is 9.08. The van der Waals surface area contributed by atoms with Crippen molar-refractivity contribution in [2.75, 3.05) is 80.2 Å². The number of carbonyl (C=O) groups excluding carboxylic acids is 15. The second kappa shape index (κ2) is 48.1.